The lowest BCUT2D eigenvalue weighted by Gasteiger charge is -2.36. The van der Waals surface area contributed by atoms with Gasteiger partial charge in [0, 0.05) is 26.2 Å². The summed E-state index contributed by atoms with van der Waals surface area (Å²) in [5.41, 5.74) is 1.48. The number of hydrogen-bond donors (Lipinski definition) is 0. The van der Waals surface area contributed by atoms with E-state index in [0.717, 1.165) is 54.2 Å². The van der Waals surface area contributed by atoms with Gasteiger partial charge in [-0.15, -0.1) is 11.3 Å². The normalized spacial score (nSPS) is 22.1. The average molecular weight is 440 g/mol. The largest absolute Gasteiger partial charge is 0.378 e. The first-order valence-corrected chi connectivity index (χ1v) is 11.4. The molecule has 0 saturated carbocycles. The molecule has 3 aromatic heterocycles. The Labute approximate surface area is 184 Å². The molecule has 2 atom stereocenters. The van der Waals surface area contributed by atoms with Crippen LogP contribution >= 0.6 is 11.3 Å². The van der Waals surface area contributed by atoms with Crippen molar-refractivity contribution >= 4 is 40.4 Å². The molecule has 0 N–H and O–H groups in total. The minimum Gasteiger partial charge on any atom is -0.378 e. The predicted molar refractivity (Wildman–Crippen MR) is 121 cm³/mol. The number of pyridine rings is 1. The topological polar surface area (TPSA) is 80.7 Å². The molecule has 162 valence electrons. The molecular weight excluding hydrogens is 414 g/mol. The Morgan fingerprint density at radius 2 is 1.77 bits per heavy atom. The zero-order valence-electron chi connectivity index (χ0n) is 17.7. The highest BCUT2D eigenvalue weighted by Gasteiger charge is 2.26. The standard InChI is InChI=1S/C22H25N5O3S/c1-14-11-27(12-15(2)30-14)22-24-20-17(21(25-22)26-7-9-29-10-8-26)4-5-18(23-20)19-6-3-16(13-28)31-19/h3-6,13-15H,7-12H2,1-2H3. The monoisotopic (exact) mass is 439 g/mol. The van der Waals surface area contributed by atoms with Crippen LogP contribution in [0.5, 0.6) is 0 Å². The quantitative estimate of drug-likeness (QED) is 0.574. The molecule has 0 aliphatic carbocycles. The third kappa shape index (κ3) is 4.13. The zero-order chi connectivity index (χ0) is 21.4. The van der Waals surface area contributed by atoms with Gasteiger partial charge in [-0.2, -0.15) is 9.97 Å². The van der Waals surface area contributed by atoms with E-state index >= 15 is 0 Å². The fourth-order valence-corrected chi connectivity index (χ4v) is 4.97. The van der Waals surface area contributed by atoms with Crippen LogP contribution in [0.2, 0.25) is 0 Å². The molecule has 2 unspecified atom stereocenters. The molecule has 31 heavy (non-hydrogen) atoms. The molecule has 0 radical (unpaired) electrons. The maximum absolute atomic E-state index is 11.1. The van der Waals surface area contributed by atoms with E-state index in [1.54, 1.807) is 0 Å². The van der Waals surface area contributed by atoms with Gasteiger partial charge >= 0.3 is 0 Å². The number of anilines is 2. The fourth-order valence-electron chi connectivity index (χ4n) is 4.17. The van der Waals surface area contributed by atoms with Crippen molar-refractivity contribution in [3.63, 3.8) is 0 Å². The lowest BCUT2D eigenvalue weighted by molar-refractivity contribution is -0.00570. The van der Waals surface area contributed by atoms with E-state index in [0.29, 0.717) is 29.7 Å². The van der Waals surface area contributed by atoms with Crippen LogP contribution in [0, 0.1) is 0 Å². The summed E-state index contributed by atoms with van der Waals surface area (Å²) in [6.07, 6.45) is 1.09. The molecule has 0 spiro atoms. The summed E-state index contributed by atoms with van der Waals surface area (Å²) in [5.74, 6) is 1.58. The summed E-state index contributed by atoms with van der Waals surface area (Å²) in [7, 11) is 0. The summed E-state index contributed by atoms with van der Waals surface area (Å²) in [4.78, 5) is 31.9. The molecule has 0 bridgehead atoms. The van der Waals surface area contributed by atoms with E-state index in [4.69, 9.17) is 24.4 Å². The Morgan fingerprint density at radius 1 is 1.00 bits per heavy atom. The van der Waals surface area contributed by atoms with Gasteiger partial charge in [0.1, 0.15) is 5.82 Å². The van der Waals surface area contributed by atoms with Crippen LogP contribution in [0.15, 0.2) is 24.3 Å². The van der Waals surface area contributed by atoms with Crippen molar-refractivity contribution in [2.75, 3.05) is 49.2 Å². The first kappa shape index (κ1) is 20.3. The van der Waals surface area contributed by atoms with Crippen molar-refractivity contribution in [1.82, 2.24) is 15.0 Å². The second kappa shape index (κ2) is 8.49. The maximum atomic E-state index is 11.1. The van der Waals surface area contributed by atoms with Crippen molar-refractivity contribution in [3.8, 4) is 10.6 Å². The van der Waals surface area contributed by atoms with Crippen LogP contribution in [-0.2, 0) is 9.47 Å². The summed E-state index contributed by atoms with van der Waals surface area (Å²) >= 11 is 1.43. The Balaban J connectivity index is 1.61. The van der Waals surface area contributed by atoms with E-state index in [-0.39, 0.29) is 12.2 Å². The van der Waals surface area contributed by atoms with Crippen LogP contribution in [0.25, 0.3) is 21.6 Å². The first-order chi connectivity index (χ1) is 15.1. The van der Waals surface area contributed by atoms with Crippen LogP contribution < -0.4 is 9.80 Å². The van der Waals surface area contributed by atoms with E-state index in [2.05, 4.69) is 23.6 Å². The summed E-state index contributed by atoms with van der Waals surface area (Å²) in [5, 5.41) is 0.927. The van der Waals surface area contributed by atoms with Gasteiger partial charge in [0.25, 0.3) is 0 Å². The number of nitrogens with zero attached hydrogens (tertiary/aromatic N) is 5. The highest BCUT2D eigenvalue weighted by Crippen LogP contribution is 2.32. The van der Waals surface area contributed by atoms with Gasteiger partial charge in [-0.25, -0.2) is 4.98 Å². The molecule has 0 amide bonds. The number of carbonyl (C=O) groups excluding carboxylic acids is 1. The lowest BCUT2D eigenvalue weighted by atomic mass is 10.2. The number of aldehydes is 1. The SMILES string of the molecule is CC1CN(c2nc(N3CCOCC3)c3ccc(-c4ccc(C=O)s4)nc3n2)CC(C)O1. The fraction of sp³-hybridized carbons (Fsp3) is 0.455. The number of rotatable bonds is 4. The van der Waals surface area contributed by atoms with Crippen LogP contribution in [-0.4, -0.2) is 72.8 Å². The van der Waals surface area contributed by atoms with Gasteiger partial charge in [0.05, 0.1) is 46.3 Å². The number of aromatic nitrogens is 3. The summed E-state index contributed by atoms with van der Waals surface area (Å²) in [6, 6.07) is 7.77. The van der Waals surface area contributed by atoms with Crippen LogP contribution in [0.3, 0.4) is 0 Å². The van der Waals surface area contributed by atoms with Gasteiger partial charge in [0.2, 0.25) is 5.95 Å². The smallest absolute Gasteiger partial charge is 0.229 e. The number of ether oxygens (including phenoxy) is 2. The Morgan fingerprint density at radius 3 is 2.48 bits per heavy atom. The Hall–Kier alpha value is -2.62. The molecule has 9 heteroatoms. The molecule has 2 aliphatic rings. The number of fused-ring (bicyclic) bond motifs is 1. The summed E-state index contributed by atoms with van der Waals surface area (Å²) < 4.78 is 11.4. The molecular formula is C22H25N5O3S. The molecule has 3 aromatic rings. The van der Waals surface area contributed by atoms with Crippen molar-refractivity contribution < 1.29 is 14.3 Å². The van der Waals surface area contributed by atoms with Gasteiger partial charge in [-0.05, 0) is 38.1 Å². The molecule has 0 aromatic carbocycles. The van der Waals surface area contributed by atoms with E-state index in [9.17, 15) is 4.79 Å². The van der Waals surface area contributed by atoms with Gasteiger partial charge < -0.3 is 19.3 Å². The van der Waals surface area contributed by atoms with Gasteiger partial charge in [-0.3, -0.25) is 4.79 Å². The number of carbonyl (C=O) groups is 1. The highest BCUT2D eigenvalue weighted by molar-refractivity contribution is 7.17. The lowest BCUT2D eigenvalue weighted by Crippen LogP contribution is -2.46. The van der Waals surface area contributed by atoms with Crippen molar-refractivity contribution in [1.29, 1.82) is 0 Å². The maximum Gasteiger partial charge on any atom is 0.229 e. The second-order valence-electron chi connectivity index (χ2n) is 8.00. The summed E-state index contributed by atoms with van der Waals surface area (Å²) in [6.45, 7) is 8.57. The van der Waals surface area contributed by atoms with Gasteiger partial charge in [-0.1, -0.05) is 0 Å². The molecule has 8 nitrogen and oxygen atoms in total. The Bertz CT molecular complexity index is 1090. The van der Waals surface area contributed by atoms with Crippen molar-refractivity contribution in [3.05, 3.63) is 29.1 Å². The average Bonchev–Trinajstić information content (AvgIpc) is 3.27. The van der Waals surface area contributed by atoms with E-state index in [1.165, 1.54) is 11.3 Å². The minimum absolute atomic E-state index is 0.113. The molecule has 2 aliphatic heterocycles. The second-order valence-corrected chi connectivity index (χ2v) is 9.11. The zero-order valence-corrected chi connectivity index (χ0v) is 18.5. The van der Waals surface area contributed by atoms with Crippen LogP contribution in [0.4, 0.5) is 11.8 Å². The van der Waals surface area contributed by atoms with Crippen molar-refractivity contribution in [2.45, 2.75) is 26.1 Å². The van der Waals surface area contributed by atoms with Crippen molar-refractivity contribution in [2.24, 2.45) is 0 Å². The Kier molecular flexibility index (Phi) is 5.56. The molecule has 5 heterocycles. The first-order valence-electron chi connectivity index (χ1n) is 10.6. The third-order valence-corrected chi connectivity index (χ3v) is 6.57. The van der Waals surface area contributed by atoms with Crippen LogP contribution in [0.1, 0.15) is 23.5 Å². The molecule has 2 saturated heterocycles. The van der Waals surface area contributed by atoms with E-state index in [1.807, 2.05) is 24.3 Å². The third-order valence-electron chi connectivity index (χ3n) is 5.54. The number of hydrogen-bond acceptors (Lipinski definition) is 9. The van der Waals surface area contributed by atoms with Gasteiger partial charge in [0.15, 0.2) is 11.9 Å². The molecule has 5 rings (SSSR count). The predicted octanol–water partition coefficient (Wildman–Crippen LogP) is 3.02. The molecule has 2 fully saturated rings. The highest BCUT2D eigenvalue weighted by atomic mass is 32.1. The number of thiophene rings is 1. The number of morpholine rings is 2. The van der Waals surface area contributed by atoms with E-state index < -0.39 is 0 Å². The minimum atomic E-state index is 0.113.